The topological polar surface area (TPSA) is 66.4 Å². The molecule has 1 aliphatic carbocycles. The van der Waals surface area contributed by atoms with Crippen LogP contribution in [-0.2, 0) is 4.79 Å². The van der Waals surface area contributed by atoms with Crippen molar-refractivity contribution >= 4 is 43.7 Å². The lowest BCUT2D eigenvalue weighted by atomic mass is 9.73. The third kappa shape index (κ3) is 3.31. The van der Waals surface area contributed by atoms with Gasteiger partial charge >= 0.3 is 5.97 Å². The van der Waals surface area contributed by atoms with Gasteiger partial charge in [0.1, 0.15) is 5.54 Å². The van der Waals surface area contributed by atoms with E-state index in [1.807, 2.05) is 13.0 Å². The minimum atomic E-state index is -1.17. The first kappa shape index (κ1) is 16.5. The van der Waals surface area contributed by atoms with Gasteiger partial charge in [0.15, 0.2) is 0 Å². The maximum atomic E-state index is 12.5. The number of hydrogen-bond acceptors (Lipinski definition) is 2. The Morgan fingerprint density at radius 2 is 2.05 bits per heavy atom. The van der Waals surface area contributed by atoms with Gasteiger partial charge in [-0.1, -0.05) is 35.7 Å². The molecule has 4 nitrogen and oxygen atoms in total. The summed E-state index contributed by atoms with van der Waals surface area (Å²) >= 11 is 6.66. The van der Waals surface area contributed by atoms with Crippen LogP contribution in [0.5, 0.6) is 0 Å². The predicted octanol–water partition coefficient (Wildman–Crippen LogP) is 3.97. The quantitative estimate of drug-likeness (QED) is 0.780. The Bertz CT molecular complexity index is 576. The number of amides is 1. The summed E-state index contributed by atoms with van der Waals surface area (Å²) in [5, 5.41) is 12.4. The second kappa shape index (κ2) is 6.48. The van der Waals surface area contributed by atoms with E-state index in [2.05, 4.69) is 37.2 Å². The first-order valence-electron chi connectivity index (χ1n) is 6.88. The van der Waals surface area contributed by atoms with E-state index in [0.717, 1.165) is 23.7 Å². The number of nitrogens with one attached hydrogen (secondary N) is 1. The lowest BCUT2D eigenvalue weighted by Crippen LogP contribution is -2.60. The molecule has 1 aromatic carbocycles. The molecule has 6 heteroatoms. The van der Waals surface area contributed by atoms with Crippen molar-refractivity contribution in [3.63, 3.8) is 0 Å². The standard InChI is InChI=1S/C15H17Br2NO3/c1-9-4-2-3-7-15(9,14(20)21)18-13(19)11-8-10(16)5-6-12(11)17/h5-6,8-9H,2-4,7H2,1H3,(H,18,19)(H,20,21). The molecule has 1 aliphatic rings. The van der Waals surface area contributed by atoms with E-state index in [1.165, 1.54) is 0 Å². The van der Waals surface area contributed by atoms with Gasteiger partial charge in [0, 0.05) is 8.95 Å². The van der Waals surface area contributed by atoms with Gasteiger partial charge < -0.3 is 10.4 Å². The molecule has 0 aliphatic heterocycles. The fourth-order valence-corrected chi connectivity index (χ4v) is 3.63. The fourth-order valence-electron chi connectivity index (χ4n) is 2.85. The highest BCUT2D eigenvalue weighted by atomic mass is 79.9. The summed E-state index contributed by atoms with van der Waals surface area (Å²) in [6, 6.07) is 5.26. The van der Waals surface area contributed by atoms with Crippen LogP contribution in [0.2, 0.25) is 0 Å². The van der Waals surface area contributed by atoms with Gasteiger partial charge in [0.25, 0.3) is 5.91 Å². The largest absolute Gasteiger partial charge is 0.479 e. The van der Waals surface area contributed by atoms with E-state index < -0.39 is 11.5 Å². The summed E-state index contributed by atoms with van der Waals surface area (Å²) in [5.41, 5.74) is -0.736. The second-order valence-corrected chi connectivity index (χ2v) is 7.27. The number of carbonyl (C=O) groups excluding carboxylic acids is 1. The molecule has 114 valence electrons. The Kier molecular flexibility index (Phi) is 5.09. The van der Waals surface area contributed by atoms with E-state index in [1.54, 1.807) is 12.1 Å². The van der Waals surface area contributed by atoms with Gasteiger partial charge in [-0.3, -0.25) is 4.79 Å². The molecule has 0 heterocycles. The van der Waals surface area contributed by atoms with Crippen molar-refractivity contribution in [3.05, 3.63) is 32.7 Å². The number of rotatable bonds is 3. The predicted molar refractivity (Wildman–Crippen MR) is 87.3 cm³/mol. The highest BCUT2D eigenvalue weighted by molar-refractivity contribution is 9.11. The second-order valence-electron chi connectivity index (χ2n) is 5.50. The summed E-state index contributed by atoms with van der Waals surface area (Å²) in [4.78, 5) is 24.3. The zero-order chi connectivity index (χ0) is 15.6. The number of halogens is 2. The molecule has 0 spiro atoms. The minimum absolute atomic E-state index is 0.0846. The van der Waals surface area contributed by atoms with Crippen LogP contribution in [0.1, 0.15) is 43.0 Å². The molecule has 0 bridgehead atoms. The van der Waals surface area contributed by atoms with Crippen LogP contribution >= 0.6 is 31.9 Å². The molecular formula is C15H17Br2NO3. The molecule has 21 heavy (non-hydrogen) atoms. The van der Waals surface area contributed by atoms with E-state index in [4.69, 9.17) is 0 Å². The van der Waals surface area contributed by atoms with Crippen LogP contribution < -0.4 is 5.32 Å². The lowest BCUT2D eigenvalue weighted by Gasteiger charge is -2.39. The molecule has 0 saturated heterocycles. The molecule has 2 N–H and O–H groups in total. The first-order valence-corrected chi connectivity index (χ1v) is 8.46. The summed E-state index contributed by atoms with van der Waals surface area (Å²) < 4.78 is 1.42. The van der Waals surface area contributed by atoms with Crippen molar-refractivity contribution in [3.8, 4) is 0 Å². The van der Waals surface area contributed by atoms with E-state index in [9.17, 15) is 14.7 Å². The molecule has 1 aromatic rings. The van der Waals surface area contributed by atoms with Gasteiger partial charge in [-0.25, -0.2) is 4.79 Å². The number of carboxylic acid groups (broad SMARTS) is 1. The Morgan fingerprint density at radius 1 is 1.33 bits per heavy atom. The summed E-state index contributed by atoms with van der Waals surface area (Å²) in [5.74, 6) is -1.40. The number of aliphatic carboxylic acids is 1. The summed E-state index contributed by atoms with van der Waals surface area (Å²) in [6.07, 6.45) is 3.11. The molecule has 0 aromatic heterocycles. The smallest absolute Gasteiger partial charge is 0.329 e. The molecule has 1 fully saturated rings. The van der Waals surface area contributed by atoms with Gasteiger partial charge in [-0.15, -0.1) is 0 Å². The maximum Gasteiger partial charge on any atom is 0.329 e. The highest BCUT2D eigenvalue weighted by Gasteiger charge is 2.46. The number of carboxylic acids is 1. The van der Waals surface area contributed by atoms with E-state index in [-0.39, 0.29) is 11.8 Å². The summed E-state index contributed by atoms with van der Waals surface area (Å²) in [6.45, 7) is 1.89. The van der Waals surface area contributed by atoms with Gasteiger partial charge in [0.2, 0.25) is 0 Å². The van der Waals surface area contributed by atoms with Crippen LogP contribution in [-0.4, -0.2) is 22.5 Å². The molecule has 2 unspecified atom stereocenters. The van der Waals surface area contributed by atoms with Crippen molar-refractivity contribution in [2.75, 3.05) is 0 Å². The lowest BCUT2D eigenvalue weighted by molar-refractivity contribution is -0.148. The highest BCUT2D eigenvalue weighted by Crippen LogP contribution is 2.34. The zero-order valence-corrected chi connectivity index (χ0v) is 14.8. The number of carbonyl (C=O) groups is 2. The SMILES string of the molecule is CC1CCCCC1(NC(=O)c1cc(Br)ccc1Br)C(=O)O. The van der Waals surface area contributed by atoms with Gasteiger partial charge in [0.05, 0.1) is 5.56 Å². The van der Waals surface area contributed by atoms with Crippen molar-refractivity contribution in [1.29, 1.82) is 0 Å². The Labute approximate surface area is 140 Å². The molecule has 2 rings (SSSR count). The van der Waals surface area contributed by atoms with Crippen LogP contribution in [0.4, 0.5) is 0 Å². The molecule has 2 atom stereocenters. The molecular weight excluding hydrogens is 402 g/mol. The third-order valence-electron chi connectivity index (χ3n) is 4.19. The fraction of sp³-hybridized carbons (Fsp3) is 0.467. The van der Waals surface area contributed by atoms with E-state index in [0.29, 0.717) is 16.5 Å². The van der Waals surface area contributed by atoms with Crippen LogP contribution in [0.3, 0.4) is 0 Å². The Balaban J connectivity index is 2.31. The Hall–Kier alpha value is -0.880. The van der Waals surface area contributed by atoms with E-state index >= 15 is 0 Å². The van der Waals surface area contributed by atoms with Crippen molar-refractivity contribution in [2.24, 2.45) is 5.92 Å². The average Bonchev–Trinajstić information content (AvgIpc) is 2.43. The van der Waals surface area contributed by atoms with Gasteiger partial charge in [-0.2, -0.15) is 0 Å². The summed E-state index contributed by atoms with van der Waals surface area (Å²) in [7, 11) is 0. The third-order valence-corrected chi connectivity index (χ3v) is 5.38. The van der Waals surface area contributed by atoms with Crippen LogP contribution in [0.25, 0.3) is 0 Å². The van der Waals surface area contributed by atoms with Crippen molar-refractivity contribution < 1.29 is 14.7 Å². The molecule has 1 saturated carbocycles. The van der Waals surface area contributed by atoms with Gasteiger partial charge in [-0.05, 0) is 52.9 Å². The number of benzene rings is 1. The average molecular weight is 419 g/mol. The first-order chi connectivity index (χ1) is 9.86. The monoisotopic (exact) mass is 417 g/mol. The Morgan fingerprint density at radius 3 is 2.67 bits per heavy atom. The number of hydrogen-bond donors (Lipinski definition) is 2. The zero-order valence-electron chi connectivity index (χ0n) is 11.7. The maximum absolute atomic E-state index is 12.5. The van der Waals surface area contributed by atoms with Crippen molar-refractivity contribution in [2.45, 2.75) is 38.1 Å². The molecule has 0 radical (unpaired) electrons. The molecule has 1 amide bonds. The normalized spacial score (nSPS) is 25.4. The minimum Gasteiger partial charge on any atom is -0.479 e. The van der Waals surface area contributed by atoms with Crippen LogP contribution in [0.15, 0.2) is 27.1 Å². The van der Waals surface area contributed by atoms with Crippen molar-refractivity contribution in [1.82, 2.24) is 5.32 Å². The van der Waals surface area contributed by atoms with Crippen LogP contribution in [0, 0.1) is 5.92 Å².